The largest absolute Gasteiger partial charge is 0.387 e. The summed E-state index contributed by atoms with van der Waals surface area (Å²) in [7, 11) is -1.74. The Morgan fingerprint density at radius 1 is 1.39 bits per heavy atom. The number of hydrogen-bond donors (Lipinski definition) is 1. The number of ether oxygens (including phenoxy) is 1. The van der Waals surface area contributed by atoms with Gasteiger partial charge in [0.05, 0.1) is 12.9 Å². The zero-order valence-electron chi connectivity index (χ0n) is 10.7. The molecule has 1 N–H and O–H groups in total. The topological polar surface area (TPSA) is 87.2 Å². The molecule has 1 aliphatic rings. The van der Waals surface area contributed by atoms with Crippen molar-refractivity contribution in [1.82, 2.24) is 9.21 Å². The van der Waals surface area contributed by atoms with E-state index >= 15 is 0 Å². The van der Waals surface area contributed by atoms with Crippen LogP contribution in [0.4, 0.5) is 0 Å². The normalized spacial score (nSPS) is 22.8. The molecule has 1 atom stereocenters. The van der Waals surface area contributed by atoms with Crippen LogP contribution in [-0.4, -0.2) is 81.4 Å². The van der Waals surface area contributed by atoms with Gasteiger partial charge in [0, 0.05) is 39.2 Å². The first kappa shape index (κ1) is 15.4. The number of amides is 1. The molecule has 0 aromatic carbocycles. The molecular weight excluding hydrogens is 260 g/mol. The highest BCUT2D eigenvalue weighted by Crippen LogP contribution is 2.13. The van der Waals surface area contributed by atoms with Crippen molar-refractivity contribution in [2.75, 3.05) is 52.8 Å². The monoisotopic (exact) mass is 280 g/mol. The van der Waals surface area contributed by atoms with Crippen molar-refractivity contribution in [2.45, 2.75) is 0 Å². The van der Waals surface area contributed by atoms with Crippen LogP contribution in [0.3, 0.4) is 0 Å². The number of nitrogens with zero attached hydrogens (tertiary/aromatic N) is 2. The van der Waals surface area contributed by atoms with Crippen molar-refractivity contribution in [3.8, 4) is 0 Å². The molecule has 7 nitrogen and oxygen atoms in total. The number of sulfonamides is 1. The summed E-state index contributed by atoms with van der Waals surface area (Å²) in [5.74, 6) is -0.464. The maximum Gasteiger partial charge on any atom is 0.248 e. The van der Waals surface area contributed by atoms with Crippen LogP contribution in [0.2, 0.25) is 0 Å². The van der Waals surface area contributed by atoms with Crippen molar-refractivity contribution >= 4 is 15.9 Å². The van der Waals surface area contributed by atoms with Crippen molar-refractivity contribution in [3.63, 3.8) is 0 Å². The van der Waals surface area contributed by atoms with E-state index < -0.39 is 16.6 Å². The fraction of sp³-hybridized carbons (Fsp3) is 0.900. The summed E-state index contributed by atoms with van der Waals surface area (Å²) in [5, 5.41) is 8.87. The molecule has 106 valence electrons. The second kappa shape index (κ2) is 6.46. The van der Waals surface area contributed by atoms with E-state index in [1.807, 2.05) is 0 Å². The molecule has 1 amide bonds. The molecule has 1 saturated heterocycles. The number of aliphatic hydroxyl groups is 1. The van der Waals surface area contributed by atoms with Crippen LogP contribution in [0.1, 0.15) is 0 Å². The van der Waals surface area contributed by atoms with E-state index in [1.54, 1.807) is 0 Å². The van der Waals surface area contributed by atoms with E-state index in [4.69, 9.17) is 9.84 Å². The van der Waals surface area contributed by atoms with E-state index in [2.05, 4.69) is 0 Å². The zero-order chi connectivity index (χ0) is 13.8. The van der Waals surface area contributed by atoms with Crippen LogP contribution in [0.15, 0.2) is 0 Å². The lowest BCUT2D eigenvalue weighted by Crippen LogP contribution is -2.38. The summed E-state index contributed by atoms with van der Waals surface area (Å²) in [5.41, 5.74) is 0. The molecule has 1 aliphatic heterocycles. The summed E-state index contributed by atoms with van der Waals surface area (Å²) in [6.45, 7) is 1.11. The first-order chi connectivity index (χ1) is 8.38. The first-order valence-electron chi connectivity index (χ1n) is 5.71. The van der Waals surface area contributed by atoms with Gasteiger partial charge in [-0.15, -0.1) is 0 Å². The van der Waals surface area contributed by atoms with E-state index in [9.17, 15) is 13.2 Å². The van der Waals surface area contributed by atoms with Crippen molar-refractivity contribution in [3.05, 3.63) is 0 Å². The Labute approximate surface area is 107 Å². The molecule has 1 rings (SSSR count). The van der Waals surface area contributed by atoms with E-state index in [-0.39, 0.29) is 18.4 Å². The molecule has 0 bridgehead atoms. The molecule has 0 spiro atoms. The van der Waals surface area contributed by atoms with Crippen molar-refractivity contribution in [1.29, 1.82) is 0 Å². The standard InChI is InChI=1S/C10H20N2O5S/c1-17-8-9-5-11(10(14)7-13)3-4-12(6-9)18(2,15)16/h9,13H,3-8H2,1-2H3/t9-/m0/s1. The van der Waals surface area contributed by atoms with Crippen LogP contribution in [-0.2, 0) is 19.6 Å². The molecule has 1 fully saturated rings. The lowest BCUT2D eigenvalue weighted by atomic mass is 10.1. The van der Waals surface area contributed by atoms with Crippen LogP contribution in [0.5, 0.6) is 0 Å². The number of methoxy groups -OCH3 is 1. The highest BCUT2D eigenvalue weighted by molar-refractivity contribution is 7.88. The quantitative estimate of drug-likeness (QED) is 0.666. The van der Waals surface area contributed by atoms with E-state index in [1.165, 1.54) is 16.3 Å². The smallest absolute Gasteiger partial charge is 0.248 e. The second-order valence-corrected chi connectivity index (χ2v) is 6.42. The molecule has 1 heterocycles. The van der Waals surface area contributed by atoms with Gasteiger partial charge in [-0.3, -0.25) is 4.79 Å². The van der Waals surface area contributed by atoms with Gasteiger partial charge in [0.1, 0.15) is 6.61 Å². The Kier molecular flexibility index (Phi) is 5.51. The van der Waals surface area contributed by atoms with Crippen molar-refractivity contribution in [2.24, 2.45) is 5.92 Å². The third kappa shape index (κ3) is 4.20. The molecule has 8 heteroatoms. The minimum Gasteiger partial charge on any atom is -0.387 e. The maximum absolute atomic E-state index is 11.6. The molecule has 0 aliphatic carbocycles. The Morgan fingerprint density at radius 2 is 2.06 bits per heavy atom. The third-order valence-corrected chi connectivity index (χ3v) is 4.19. The van der Waals surface area contributed by atoms with Gasteiger partial charge < -0.3 is 14.7 Å². The van der Waals surface area contributed by atoms with E-state index in [0.29, 0.717) is 26.2 Å². The van der Waals surface area contributed by atoms with Crippen LogP contribution in [0.25, 0.3) is 0 Å². The lowest BCUT2D eigenvalue weighted by molar-refractivity contribution is -0.134. The number of aliphatic hydroxyl groups excluding tert-OH is 1. The Morgan fingerprint density at radius 3 is 2.56 bits per heavy atom. The van der Waals surface area contributed by atoms with Gasteiger partial charge in [-0.25, -0.2) is 8.42 Å². The second-order valence-electron chi connectivity index (χ2n) is 4.44. The number of carbonyl (C=O) groups excluding carboxylic acids is 1. The minimum atomic E-state index is -3.28. The zero-order valence-corrected chi connectivity index (χ0v) is 11.5. The molecule has 0 radical (unpaired) electrons. The maximum atomic E-state index is 11.6. The Bertz CT molecular complexity index is 384. The van der Waals surface area contributed by atoms with Gasteiger partial charge in [-0.2, -0.15) is 4.31 Å². The van der Waals surface area contributed by atoms with Crippen LogP contribution in [0, 0.1) is 5.92 Å². The van der Waals surface area contributed by atoms with Gasteiger partial charge >= 0.3 is 0 Å². The predicted molar refractivity (Wildman–Crippen MR) is 65.4 cm³/mol. The van der Waals surface area contributed by atoms with Crippen LogP contribution < -0.4 is 0 Å². The Hall–Kier alpha value is -0.700. The van der Waals surface area contributed by atoms with Gasteiger partial charge in [-0.1, -0.05) is 0 Å². The molecule has 0 aromatic rings. The fourth-order valence-corrected chi connectivity index (χ4v) is 2.94. The highest BCUT2D eigenvalue weighted by atomic mass is 32.2. The minimum absolute atomic E-state index is 0.0808. The summed E-state index contributed by atoms with van der Waals surface area (Å²) < 4.78 is 29.5. The number of hydrogen-bond acceptors (Lipinski definition) is 5. The molecule has 0 aromatic heterocycles. The molecular formula is C10H20N2O5S. The lowest BCUT2D eigenvalue weighted by Gasteiger charge is -2.22. The average molecular weight is 280 g/mol. The third-order valence-electron chi connectivity index (χ3n) is 2.92. The van der Waals surface area contributed by atoms with E-state index in [0.717, 1.165) is 6.26 Å². The van der Waals surface area contributed by atoms with Crippen molar-refractivity contribution < 1.29 is 23.1 Å². The van der Waals surface area contributed by atoms with Gasteiger partial charge in [0.2, 0.25) is 15.9 Å². The number of rotatable bonds is 4. The predicted octanol–water partition coefficient (Wildman–Crippen LogP) is -1.65. The molecule has 0 unspecified atom stereocenters. The fourth-order valence-electron chi connectivity index (χ4n) is 2.04. The summed E-state index contributed by atoms with van der Waals surface area (Å²) in [6, 6.07) is 0. The SMILES string of the molecule is COC[C@H]1CN(C(=O)CO)CCN(S(C)(=O)=O)C1. The van der Waals surface area contributed by atoms with Crippen LogP contribution >= 0.6 is 0 Å². The summed E-state index contributed by atoms with van der Waals surface area (Å²) in [6.07, 6.45) is 1.15. The van der Waals surface area contributed by atoms with Gasteiger partial charge in [-0.05, 0) is 0 Å². The molecule has 18 heavy (non-hydrogen) atoms. The first-order valence-corrected chi connectivity index (χ1v) is 7.56. The number of carbonyl (C=O) groups is 1. The summed E-state index contributed by atoms with van der Waals surface area (Å²) in [4.78, 5) is 13.0. The van der Waals surface area contributed by atoms with Gasteiger partial charge in [0.15, 0.2) is 0 Å². The average Bonchev–Trinajstić information content (AvgIpc) is 2.50. The Balaban J connectivity index is 2.81. The molecule has 0 saturated carbocycles. The highest BCUT2D eigenvalue weighted by Gasteiger charge is 2.29. The van der Waals surface area contributed by atoms with Gasteiger partial charge in [0.25, 0.3) is 0 Å². The summed E-state index contributed by atoms with van der Waals surface area (Å²) >= 11 is 0.